The molecule has 2 fully saturated rings. The van der Waals surface area contributed by atoms with Crippen molar-refractivity contribution in [3.8, 4) is 0 Å². The van der Waals surface area contributed by atoms with Crippen molar-refractivity contribution in [1.82, 2.24) is 14.9 Å². The molecular formula is C12H19FN6. The van der Waals surface area contributed by atoms with Crippen LogP contribution in [0, 0.1) is 5.82 Å². The average Bonchev–Trinajstić information content (AvgIpc) is 2.89. The summed E-state index contributed by atoms with van der Waals surface area (Å²) in [6.45, 7) is 2.29. The Hall–Kier alpha value is -1.47. The molecule has 1 aromatic rings. The number of aromatic nitrogens is 2. The quantitative estimate of drug-likeness (QED) is 0.558. The highest BCUT2D eigenvalue weighted by atomic mass is 19.1. The fraction of sp³-hybridized carbons (Fsp3) is 0.667. The molecule has 104 valence electrons. The molecule has 2 unspecified atom stereocenters. The van der Waals surface area contributed by atoms with Crippen LogP contribution in [0.1, 0.15) is 25.7 Å². The van der Waals surface area contributed by atoms with Gasteiger partial charge in [0.15, 0.2) is 11.6 Å². The van der Waals surface area contributed by atoms with Crippen molar-refractivity contribution in [3.63, 3.8) is 0 Å². The first-order valence-electron chi connectivity index (χ1n) is 6.76. The number of nitrogens with two attached hydrogens (primary N) is 1. The molecule has 7 heteroatoms. The number of fused-ring (bicyclic) bond motifs is 1. The Kier molecular flexibility index (Phi) is 3.48. The molecular weight excluding hydrogens is 247 g/mol. The lowest BCUT2D eigenvalue weighted by Gasteiger charge is -2.35. The molecule has 2 atom stereocenters. The van der Waals surface area contributed by atoms with Crippen LogP contribution < -0.4 is 16.6 Å². The summed E-state index contributed by atoms with van der Waals surface area (Å²) in [6.07, 6.45) is 5.73. The van der Waals surface area contributed by atoms with E-state index >= 15 is 0 Å². The van der Waals surface area contributed by atoms with Gasteiger partial charge >= 0.3 is 0 Å². The van der Waals surface area contributed by atoms with Crippen molar-refractivity contribution in [1.29, 1.82) is 0 Å². The summed E-state index contributed by atoms with van der Waals surface area (Å²) in [5, 5.41) is 3.19. The molecule has 0 spiro atoms. The zero-order valence-electron chi connectivity index (χ0n) is 10.8. The first-order chi connectivity index (χ1) is 9.26. The van der Waals surface area contributed by atoms with E-state index in [2.05, 4.69) is 25.6 Å². The molecule has 19 heavy (non-hydrogen) atoms. The van der Waals surface area contributed by atoms with Gasteiger partial charge in [-0.3, -0.25) is 5.43 Å². The van der Waals surface area contributed by atoms with Gasteiger partial charge in [-0.05, 0) is 32.2 Å². The van der Waals surface area contributed by atoms with E-state index in [1.54, 1.807) is 0 Å². The van der Waals surface area contributed by atoms with Crippen LogP contribution in [0.3, 0.4) is 0 Å². The predicted octanol–water partition coefficient (Wildman–Crippen LogP) is 0.940. The van der Waals surface area contributed by atoms with Gasteiger partial charge in [0.1, 0.15) is 0 Å². The van der Waals surface area contributed by atoms with E-state index in [0.717, 1.165) is 25.6 Å². The van der Waals surface area contributed by atoms with E-state index in [9.17, 15) is 4.39 Å². The molecule has 4 N–H and O–H groups in total. The number of rotatable bonds is 3. The molecule has 2 aliphatic heterocycles. The Morgan fingerprint density at radius 3 is 3.11 bits per heavy atom. The van der Waals surface area contributed by atoms with Crippen LogP contribution in [0.15, 0.2) is 6.20 Å². The summed E-state index contributed by atoms with van der Waals surface area (Å²) in [7, 11) is 0. The zero-order chi connectivity index (χ0) is 13.2. The van der Waals surface area contributed by atoms with Gasteiger partial charge in [-0.1, -0.05) is 0 Å². The second-order valence-electron chi connectivity index (χ2n) is 5.23. The van der Waals surface area contributed by atoms with Gasteiger partial charge in [-0.25, -0.2) is 15.2 Å². The number of nitrogens with zero attached hydrogens (tertiary/aromatic N) is 3. The Bertz CT molecular complexity index is 454. The fourth-order valence-electron chi connectivity index (χ4n) is 3.09. The van der Waals surface area contributed by atoms with Gasteiger partial charge in [0, 0.05) is 18.6 Å². The van der Waals surface area contributed by atoms with Gasteiger partial charge in [-0.2, -0.15) is 4.98 Å². The highest BCUT2D eigenvalue weighted by Gasteiger charge is 2.32. The number of nitrogens with one attached hydrogen (secondary N) is 2. The maximum absolute atomic E-state index is 13.7. The van der Waals surface area contributed by atoms with E-state index < -0.39 is 5.82 Å². The van der Waals surface area contributed by atoms with Crippen LogP contribution in [0.25, 0.3) is 0 Å². The van der Waals surface area contributed by atoms with E-state index in [1.807, 2.05) is 0 Å². The van der Waals surface area contributed by atoms with Crippen molar-refractivity contribution >= 4 is 11.8 Å². The van der Waals surface area contributed by atoms with Crippen LogP contribution in [-0.2, 0) is 0 Å². The van der Waals surface area contributed by atoms with Crippen molar-refractivity contribution in [2.24, 2.45) is 5.84 Å². The second kappa shape index (κ2) is 5.26. The molecule has 0 aromatic carbocycles. The maximum atomic E-state index is 13.7. The Morgan fingerprint density at radius 1 is 1.37 bits per heavy atom. The monoisotopic (exact) mass is 266 g/mol. The van der Waals surface area contributed by atoms with Gasteiger partial charge < -0.3 is 10.2 Å². The SMILES string of the molecule is NNc1ncc(F)c(NC2CCN3CCCC3C2)n1. The number of hydrogen-bond acceptors (Lipinski definition) is 6. The number of halogens is 1. The standard InChI is InChI=1S/C12H19FN6/c13-10-7-15-12(18-14)17-11(10)16-8-3-5-19-4-1-2-9(19)6-8/h7-9H,1-6,14H2,(H2,15,16,17,18). The minimum absolute atomic E-state index is 0.224. The largest absolute Gasteiger partial charge is 0.365 e. The number of hydrogen-bond donors (Lipinski definition) is 3. The molecule has 3 heterocycles. The lowest BCUT2D eigenvalue weighted by atomic mass is 9.97. The summed E-state index contributed by atoms with van der Waals surface area (Å²) in [5.41, 5.74) is 2.33. The fourth-order valence-corrected chi connectivity index (χ4v) is 3.09. The van der Waals surface area contributed by atoms with Crippen molar-refractivity contribution < 1.29 is 4.39 Å². The molecule has 0 aliphatic carbocycles. The van der Waals surface area contributed by atoms with Crippen LogP contribution in [0.5, 0.6) is 0 Å². The molecule has 3 rings (SSSR count). The first kappa shape index (κ1) is 12.6. The molecule has 1 aromatic heterocycles. The third kappa shape index (κ3) is 2.62. The van der Waals surface area contributed by atoms with E-state index in [4.69, 9.17) is 5.84 Å². The molecule has 2 saturated heterocycles. The topological polar surface area (TPSA) is 79.1 Å². The van der Waals surface area contributed by atoms with Gasteiger partial charge in [0.05, 0.1) is 6.20 Å². The number of nitrogen functional groups attached to an aromatic ring is 1. The second-order valence-corrected chi connectivity index (χ2v) is 5.23. The van der Waals surface area contributed by atoms with Crippen LogP contribution in [0.4, 0.5) is 16.2 Å². The van der Waals surface area contributed by atoms with Gasteiger partial charge in [0.2, 0.25) is 5.95 Å². The summed E-state index contributed by atoms with van der Waals surface area (Å²) in [6, 6.07) is 0.914. The number of piperidine rings is 1. The highest BCUT2D eigenvalue weighted by Crippen LogP contribution is 2.28. The predicted molar refractivity (Wildman–Crippen MR) is 71.0 cm³/mol. The highest BCUT2D eigenvalue weighted by molar-refractivity contribution is 5.41. The van der Waals surface area contributed by atoms with Gasteiger partial charge in [0.25, 0.3) is 0 Å². The van der Waals surface area contributed by atoms with E-state index in [1.165, 1.54) is 19.4 Å². The Balaban J connectivity index is 1.68. The van der Waals surface area contributed by atoms with Crippen molar-refractivity contribution in [2.45, 2.75) is 37.8 Å². The molecule has 0 saturated carbocycles. The minimum Gasteiger partial charge on any atom is -0.365 e. The van der Waals surface area contributed by atoms with E-state index in [-0.39, 0.29) is 17.8 Å². The lowest BCUT2D eigenvalue weighted by molar-refractivity contribution is 0.188. The van der Waals surface area contributed by atoms with Crippen LogP contribution >= 0.6 is 0 Å². The third-order valence-corrected chi connectivity index (χ3v) is 4.03. The Morgan fingerprint density at radius 2 is 2.26 bits per heavy atom. The maximum Gasteiger partial charge on any atom is 0.239 e. The molecule has 0 amide bonds. The molecule has 2 aliphatic rings. The smallest absolute Gasteiger partial charge is 0.239 e. The lowest BCUT2D eigenvalue weighted by Crippen LogP contribution is -2.43. The normalized spacial score (nSPS) is 27.1. The van der Waals surface area contributed by atoms with E-state index in [0.29, 0.717) is 6.04 Å². The van der Waals surface area contributed by atoms with Crippen molar-refractivity contribution in [3.05, 3.63) is 12.0 Å². The minimum atomic E-state index is -0.437. The van der Waals surface area contributed by atoms with Gasteiger partial charge in [-0.15, -0.1) is 0 Å². The Labute approximate surface area is 111 Å². The summed E-state index contributed by atoms with van der Waals surface area (Å²) < 4.78 is 13.7. The third-order valence-electron chi connectivity index (χ3n) is 4.03. The summed E-state index contributed by atoms with van der Waals surface area (Å²) in [5.74, 6) is 5.26. The number of anilines is 2. The van der Waals surface area contributed by atoms with Crippen LogP contribution in [-0.4, -0.2) is 40.0 Å². The molecule has 0 radical (unpaired) electrons. The average molecular weight is 266 g/mol. The van der Waals surface area contributed by atoms with Crippen molar-refractivity contribution in [2.75, 3.05) is 23.8 Å². The summed E-state index contributed by atoms with van der Waals surface area (Å²) >= 11 is 0. The zero-order valence-corrected chi connectivity index (χ0v) is 10.8. The number of hydrazine groups is 1. The summed E-state index contributed by atoms with van der Waals surface area (Å²) in [4.78, 5) is 10.3. The molecule has 6 nitrogen and oxygen atoms in total. The van der Waals surface area contributed by atoms with Crippen LogP contribution in [0.2, 0.25) is 0 Å². The first-order valence-corrected chi connectivity index (χ1v) is 6.76. The molecule has 0 bridgehead atoms.